The molecule has 0 saturated heterocycles. The molecule has 0 N–H and O–H groups in total. The Morgan fingerprint density at radius 3 is 1.65 bits per heavy atom. The van der Waals surface area contributed by atoms with E-state index in [1.165, 1.54) is 74.7 Å². The van der Waals surface area contributed by atoms with E-state index in [2.05, 4.69) is 152 Å². The number of hydrogen-bond donors (Lipinski definition) is 0. The lowest BCUT2D eigenvalue weighted by Crippen LogP contribution is -1.91. The zero-order valence-electron chi connectivity index (χ0n) is 24.8. The van der Waals surface area contributed by atoms with Gasteiger partial charge in [-0.25, -0.2) is 0 Å². The van der Waals surface area contributed by atoms with Crippen LogP contribution in [0.3, 0.4) is 0 Å². The molecule has 0 unspecified atom stereocenters. The summed E-state index contributed by atoms with van der Waals surface area (Å²) < 4.78 is 8.86. The summed E-state index contributed by atoms with van der Waals surface area (Å²) in [7, 11) is 0. The van der Waals surface area contributed by atoms with Gasteiger partial charge in [-0.3, -0.25) is 0 Å². The van der Waals surface area contributed by atoms with Gasteiger partial charge in [-0.1, -0.05) is 121 Å². The van der Waals surface area contributed by atoms with Crippen molar-refractivity contribution in [2.45, 2.75) is 0 Å². The molecule has 1 nitrogen and oxygen atoms in total. The van der Waals surface area contributed by atoms with Crippen LogP contribution >= 0.6 is 11.3 Å². The van der Waals surface area contributed by atoms with E-state index in [9.17, 15) is 0 Å². The fourth-order valence-corrected chi connectivity index (χ4v) is 8.40. The third-order valence-electron chi connectivity index (χ3n) is 9.42. The van der Waals surface area contributed by atoms with Crippen molar-refractivity contribution in [1.82, 2.24) is 0 Å². The molecule has 0 amide bonds. The van der Waals surface area contributed by atoms with Crippen LogP contribution in [0.15, 0.2) is 162 Å². The summed E-state index contributed by atoms with van der Waals surface area (Å²) in [5, 5.41) is 11.3. The maximum Gasteiger partial charge on any atom is 0.136 e. The summed E-state index contributed by atoms with van der Waals surface area (Å²) in [6, 6.07) is 57.3. The first kappa shape index (κ1) is 25.6. The van der Waals surface area contributed by atoms with E-state index in [1.54, 1.807) is 0 Å². The standard InChI is InChI=1S/C44H26OS/c1-2-11-28(12-3-1)39-25-32-24-38-37-23-31(20-21-41(37)46-42(38)26-40(32)45-39)44-35-16-8-6-14-33(35)43(34-15-7-9-17-36(34)44)30-19-18-27-10-4-5-13-29(27)22-30/h1-26H. The van der Waals surface area contributed by atoms with Gasteiger partial charge in [0.2, 0.25) is 0 Å². The van der Waals surface area contributed by atoms with Crippen molar-refractivity contribution < 1.29 is 4.42 Å². The maximum absolute atomic E-state index is 6.33. The van der Waals surface area contributed by atoms with Gasteiger partial charge in [-0.15, -0.1) is 11.3 Å². The molecular weight excluding hydrogens is 577 g/mol. The van der Waals surface area contributed by atoms with Gasteiger partial charge in [-0.2, -0.15) is 0 Å². The number of rotatable bonds is 3. The molecule has 0 bridgehead atoms. The summed E-state index contributed by atoms with van der Waals surface area (Å²) in [5.74, 6) is 0.905. The Labute approximate surface area is 269 Å². The third-order valence-corrected chi connectivity index (χ3v) is 10.6. The second-order valence-corrected chi connectivity index (χ2v) is 13.2. The van der Waals surface area contributed by atoms with Gasteiger partial charge in [0.15, 0.2) is 0 Å². The molecule has 8 aromatic carbocycles. The molecule has 46 heavy (non-hydrogen) atoms. The van der Waals surface area contributed by atoms with Crippen molar-refractivity contribution in [3.63, 3.8) is 0 Å². The van der Waals surface area contributed by atoms with Gasteiger partial charge in [0, 0.05) is 31.1 Å². The van der Waals surface area contributed by atoms with Gasteiger partial charge in [0.05, 0.1) is 0 Å². The number of benzene rings is 8. The summed E-state index contributed by atoms with van der Waals surface area (Å²) in [4.78, 5) is 0. The van der Waals surface area contributed by atoms with Crippen LogP contribution in [0, 0.1) is 0 Å². The van der Waals surface area contributed by atoms with Gasteiger partial charge in [-0.05, 0) is 91.0 Å². The smallest absolute Gasteiger partial charge is 0.136 e. The number of thiophene rings is 1. The van der Waals surface area contributed by atoms with Crippen molar-refractivity contribution in [2.75, 3.05) is 0 Å². The zero-order valence-corrected chi connectivity index (χ0v) is 25.6. The minimum atomic E-state index is 0.905. The topological polar surface area (TPSA) is 13.1 Å². The van der Waals surface area contributed by atoms with Crippen LogP contribution in [0.4, 0.5) is 0 Å². The maximum atomic E-state index is 6.33. The fourth-order valence-electron chi connectivity index (χ4n) is 7.31. The van der Waals surface area contributed by atoms with Crippen molar-refractivity contribution in [1.29, 1.82) is 0 Å². The monoisotopic (exact) mass is 602 g/mol. The molecule has 2 heterocycles. The lowest BCUT2D eigenvalue weighted by Gasteiger charge is -2.18. The summed E-state index contributed by atoms with van der Waals surface area (Å²) in [6.07, 6.45) is 0. The number of hydrogen-bond acceptors (Lipinski definition) is 2. The Morgan fingerprint density at radius 1 is 0.348 bits per heavy atom. The number of fused-ring (bicyclic) bond motifs is 7. The van der Waals surface area contributed by atoms with Crippen molar-refractivity contribution in [3.05, 3.63) is 158 Å². The molecule has 0 atom stereocenters. The van der Waals surface area contributed by atoms with Crippen LogP contribution in [-0.4, -0.2) is 0 Å². The first-order valence-corrected chi connectivity index (χ1v) is 16.5. The molecule has 214 valence electrons. The molecule has 2 aromatic heterocycles. The minimum absolute atomic E-state index is 0.905. The molecule has 0 aliphatic carbocycles. The van der Waals surface area contributed by atoms with Crippen molar-refractivity contribution in [2.24, 2.45) is 0 Å². The largest absolute Gasteiger partial charge is 0.456 e. The van der Waals surface area contributed by atoms with Crippen molar-refractivity contribution in [3.8, 4) is 33.6 Å². The van der Waals surface area contributed by atoms with E-state index in [1.807, 2.05) is 17.4 Å². The van der Waals surface area contributed by atoms with Gasteiger partial charge < -0.3 is 4.42 Å². The Kier molecular flexibility index (Phi) is 5.51. The highest BCUT2D eigenvalue weighted by molar-refractivity contribution is 7.25. The quantitative estimate of drug-likeness (QED) is 0.183. The second-order valence-electron chi connectivity index (χ2n) is 12.1. The SMILES string of the molecule is c1ccc(-c2cc3cc4c(cc3o2)sc2ccc(-c3c5ccccc5c(-c5ccc6ccccc6c5)c5ccccc35)cc24)cc1. The molecule has 0 aliphatic rings. The summed E-state index contributed by atoms with van der Waals surface area (Å²) >= 11 is 1.83. The predicted octanol–water partition coefficient (Wildman–Crippen LogP) is 13.3. The average Bonchev–Trinajstić information content (AvgIpc) is 3.70. The molecule has 0 aliphatic heterocycles. The predicted molar refractivity (Wildman–Crippen MR) is 198 cm³/mol. The van der Waals surface area contributed by atoms with Gasteiger partial charge >= 0.3 is 0 Å². The summed E-state index contributed by atoms with van der Waals surface area (Å²) in [5.41, 5.74) is 7.09. The van der Waals surface area contributed by atoms with E-state index in [0.29, 0.717) is 0 Å². The third kappa shape index (κ3) is 3.87. The molecule has 0 spiro atoms. The molecule has 0 fully saturated rings. The van der Waals surface area contributed by atoms with E-state index in [0.717, 1.165) is 22.3 Å². The molecule has 10 rings (SSSR count). The Bertz CT molecular complexity index is 2740. The highest BCUT2D eigenvalue weighted by Crippen LogP contribution is 2.46. The first-order chi connectivity index (χ1) is 22.8. The zero-order chi connectivity index (χ0) is 30.2. The van der Waals surface area contributed by atoms with Crippen LogP contribution in [0.2, 0.25) is 0 Å². The fraction of sp³-hybridized carbons (Fsp3) is 0. The second kappa shape index (κ2) is 9.90. The van der Waals surface area contributed by atoms with Crippen LogP contribution in [0.1, 0.15) is 0 Å². The molecule has 2 heteroatoms. The highest BCUT2D eigenvalue weighted by Gasteiger charge is 2.18. The number of furan rings is 1. The lowest BCUT2D eigenvalue weighted by molar-refractivity contribution is 0.632. The van der Waals surface area contributed by atoms with Gasteiger partial charge in [0.1, 0.15) is 11.3 Å². The molecule has 0 radical (unpaired) electrons. The highest BCUT2D eigenvalue weighted by atomic mass is 32.1. The van der Waals surface area contributed by atoms with E-state index < -0.39 is 0 Å². The Hall–Kier alpha value is -5.70. The van der Waals surface area contributed by atoms with Gasteiger partial charge in [0.25, 0.3) is 0 Å². The molecule has 10 aromatic rings. The van der Waals surface area contributed by atoms with Crippen LogP contribution in [0.25, 0.3) is 97.0 Å². The van der Waals surface area contributed by atoms with Crippen LogP contribution < -0.4 is 0 Å². The normalized spacial score (nSPS) is 11.9. The first-order valence-electron chi connectivity index (χ1n) is 15.7. The van der Waals surface area contributed by atoms with E-state index >= 15 is 0 Å². The Morgan fingerprint density at radius 2 is 0.935 bits per heavy atom. The van der Waals surface area contributed by atoms with Crippen LogP contribution in [0.5, 0.6) is 0 Å². The average molecular weight is 603 g/mol. The molecule has 0 saturated carbocycles. The van der Waals surface area contributed by atoms with Crippen molar-refractivity contribution >= 4 is 74.8 Å². The van der Waals surface area contributed by atoms with Crippen LogP contribution in [-0.2, 0) is 0 Å². The lowest BCUT2D eigenvalue weighted by atomic mass is 9.85. The van der Waals surface area contributed by atoms with E-state index in [-0.39, 0.29) is 0 Å². The van der Waals surface area contributed by atoms with E-state index in [4.69, 9.17) is 4.42 Å². The summed E-state index contributed by atoms with van der Waals surface area (Å²) in [6.45, 7) is 0. The minimum Gasteiger partial charge on any atom is -0.456 e. The molecular formula is C44H26OS. The Balaban J connectivity index is 1.21.